The number of nitrogens with zero attached hydrogens (tertiary/aromatic N) is 2. The Bertz CT molecular complexity index is 1480. The van der Waals surface area contributed by atoms with E-state index in [9.17, 15) is 18.0 Å². The molecule has 0 bridgehead atoms. The number of carbonyl (C=O) groups excluding carboxylic acids is 2. The number of likely N-dealkylation sites (N-methyl/N-ethyl adjacent to an activating group) is 1. The van der Waals surface area contributed by atoms with Crippen LogP contribution in [0.25, 0.3) is 0 Å². The number of sulfonamides is 1. The molecule has 0 unspecified atom stereocenters. The van der Waals surface area contributed by atoms with E-state index >= 15 is 0 Å². The fourth-order valence-electron chi connectivity index (χ4n) is 4.00. The van der Waals surface area contributed by atoms with Gasteiger partial charge in [-0.3, -0.25) is 13.9 Å². The lowest BCUT2D eigenvalue weighted by Gasteiger charge is -2.32. The van der Waals surface area contributed by atoms with E-state index in [1.807, 2.05) is 0 Å². The van der Waals surface area contributed by atoms with Crippen molar-refractivity contribution in [1.82, 2.24) is 10.2 Å². The Balaban J connectivity index is 2.10. The molecule has 3 aromatic rings. The van der Waals surface area contributed by atoms with E-state index in [4.69, 9.17) is 44.3 Å². The molecule has 3 rings (SSSR count). The van der Waals surface area contributed by atoms with Crippen LogP contribution < -0.4 is 19.1 Å². The number of carbonyl (C=O) groups is 2. The number of hydrogen-bond acceptors (Lipinski definition) is 6. The molecule has 0 spiro atoms. The molecule has 9 nitrogen and oxygen atoms in total. The first-order valence-electron chi connectivity index (χ1n) is 12.4. The Morgan fingerprint density at radius 1 is 0.927 bits per heavy atom. The molecule has 41 heavy (non-hydrogen) atoms. The zero-order valence-electron chi connectivity index (χ0n) is 22.9. The molecule has 0 aromatic heterocycles. The van der Waals surface area contributed by atoms with E-state index in [-0.39, 0.29) is 22.9 Å². The summed E-state index contributed by atoms with van der Waals surface area (Å²) in [6.07, 6.45) is 0. The van der Waals surface area contributed by atoms with Gasteiger partial charge in [0.1, 0.15) is 12.6 Å². The molecule has 13 heteroatoms. The van der Waals surface area contributed by atoms with Crippen LogP contribution in [-0.2, 0) is 26.2 Å². The van der Waals surface area contributed by atoms with Gasteiger partial charge in [-0.25, -0.2) is 8.42 Å². The molecule has 2 amide bonds. The maximum Gasteiger partial charge on any atom is 0.264 e. The van der Waals surface area contributed by atoms with Gasteiger partial charge in [-0.15, -0.1) is 0 Å². The van der Waals surface area contributed by atoms with E-state index in [1.165, 1.54) is 61.6 Å². The summed E-state index contributed by atoms with van der Waals surface area (Å²) >= 11 is 18.8. The van der Waals surface area contributed by atoms with Gasteiger partial charge in [-0.2, -0.15) is 0 Å². The zero-order chi connectivity index (χ0) is 30.3. The summed E-state index contributed by atoms with van der Waals surface area (Å²) < 4.78 is 39.5. The molecule has 220 valence electrons. The quantitative estimate of drug-likeness (QED) is 0.283. The van der Waals surface area contributed by atoms with Crippen molar-refractivity contribution in [3.8, 4) is 11.5 Å². The van der Waals surface area contributed by atoms with Gasteiger partial charge < -0.3 is 19.7 Å². The van der Waals surface area contributed by atoms with Gasteiger partial charge in [-0.05, 0) is 62.4 Å². The van der Waals surface area contributed by atoms with Gasteiger partial charge in [-0.1, -0.05) is 40.9 Å². The Kier molecular flexibility index (Phi) is 11.1. The molecule has 1 N–H and O–H groups in total. The molecule has 0 saturated carbocycles. The van der Waals surface area contributed by atoms with Crippen LogP contribution in [0.1, 0.15) is 19.4 Å². The number of nitrogens with one attached hydrogen (secondary N) is 1. The average Bonchev–Trinajstić information content (AvgIpc) is 2.95. The van der Waals surface area contributed by atoms with Gasteiger partial charge in [0, 0.05) is 39.8 Å². The maximum absolute atomic E-state index is 14.0. The highest BCUT2D eigenvalue weighted by Crippen LogP contribution is 2.33. The van der Waals surface area contributed by atoms with E-state index in [2.05, 4.69) is 5.32 Å². The Morgan fingerprint density at radius 3 is 2.10 bits per heavy atom. The molecule has 3 aromatic carbocycles. The van der Waals surface area contributed by atoms with Gasteiger partial charge in [0.2, 0.25) is 11.8 Å². The SMILES string of the molecule is CCNC(=O)[C@@H](C)N(Cc1c(Cl)cccc1Cl)C(=O)CN(c1ccc(Cl)cc1)S(=O)(=O)c1ccc(OC)c(OC)c1. The minimum absolute atomic E-state index is 0.138. The van der Waals surface area contributed by atoms with E-state index < -0.39 is 34.4 Å². The van der Waals surface area contributed by atoms with Crippen molar-refractivity contribution in [3.63, 3.8) is 0 Å². The fourth-order valence-corrected chi connectivity index (χ4v) is 6.07. The highest BCUT2D eigenvalue weighted by molar-refractivity contribution is 7.92. The van der Waals surface area contributed by atoms with Crippen molar-refractivity contribution in [1.29, 1.82) is 0 Å². The number of hydrogen-bond donors (Lipinski definition) is 1. The second kappa shape index (κ2) is 14.1. The summed E-state index contributed by atoms with van der Waals surface area (Å²) in [5.74, 6) is -0.571. The number of rotatable bonds is 12. The van der Waals surface area contributed by atoms with E-state index in [0.29, 0.717) is 32.9 Å². The molecule has 0 heterocycles. The van der Waals surface area contributed by atoms with Gasteiger partial charge in [0.15, 0.2) is 11.5 Å². The minimum atomic E-state index is -4.34. The summed E-state index contributed by atoms with van der Waals surface area (Å²) in [5.41, 5.74) is 0.597. The predicted molar refractivity (Wildman–Crippen MR) is 161 cm³/mol. The van der Waals surface area contributed by atoms with Crippen LogP contribution in [-0.4, -0.2) is 58.5 Å². The number of ether oxygens (including phenoxy) is 2. The summed E-state index contributed by atoms with van der Waals surface area (Å²) in [4.78, 5) is 27.9. The number of amides is 2. The molecule has 1 atom stereocenters. The zero-order valence-corrected chi connectivity index (χ0v) is 25.9. The Morgan fingerprint density at radius 2 is 1.54 bits per heavy atom. The fraction of sp³-hybridized carbons (Fsp3) is 0.286. The van der Waals surface area contributed by atoms with Crippen molar-refractivity contribution in [2.75, 3.05) is 31.6 Å². The summed E-state index contributed by atoms with van der Waals surface area (Å²) in [5, 5.41) is 3.67. The number of anilines is 1. The molecule has 0 radical (unpaired) electrons. The smallest absolute Gasteiger partial charge is 0.264 e. The topological polar surface area (TPSA) is 105 Å². The van der Waals surface area contributed by atoms with Crippen molar-refractivity contribution >= 4 is 62.3 Å². The third kappa shape index (κ3) is 7.56. The summed E-state index contributed by atoms with van der Waals surface area (Å²) in [6.45, 7) is 2.84. The predicted octanol–water partition coefficient (Wildman–Crippen LogP) is 5.41. The standard InChI is InChI=1S/C28H30Cl3N3O6S/c1-5-32-28(36)18(2)33(16-22-23(30)7-6-8-24(22)31)27(35)17-34(20-11-9-19(29)10-12-20)41(37,38)21-13-14-25(39-3)26(15-21)40-4/h6-15,18H,5,16-17H2,1-4H3,(H,32,36)/t18-/m1/s1. The lowest BCUT2D eigenvalue weighted by atomic mass is 10.1. The highest BCUT2D eigenvalue weighted by atomic mass is 35.5. The van der Waals surface area contributed by atoms with Crippen LogP contribution in [0.4, 0.5) is 5.69 Å². The van der Waals surface area contributed by atoms with Crippen LogP contribution in [0.2, 0.25) is 15.1 Å². The second-order valence-corrected chi connectivity index (χ2v) is 11.9. The third-order valence-electron chi connectivity index (χ3n) is 6.24. The van der Waals surface area contributed by atoms with Crippen LogP contribution in [0.3, 0.4) is 0 Å². The maximum atomic E-state index is 14.0. The van der Waals surface area contributed by atoms with Crippen LogP contribution in [0.5, 0.6) is 11.5 Å². The number of methoxy groups -OCH3 is 2. The molecule has 0 aliphatic rings. The lowest BCUT2D eigenvalue weighted by Crippen LogP contribution is -2.51. The van der Waals surface area contributed by atoms with Crippen molar-refractivity contribution < 1.29 is 27.5 Å². The van der Waals surface area contributed by atoms with Gasteiger partial charge in [0.05, 0.1) is 24.8 Å². The number of halogens is 3. The van der Waals surface area contributed by atoms with Crippen molar-refractivity contribution in [2.24, 2.45) is 0 Å². The average molecular weight is 643 g/mol. The van der Waals surface area contributed by atoms with Gasteiger partial charge in [0.25, 0.3) is 10.0 Å². The third-order valence-corrected chi connectivity index (χ3v) is 8.97. The molecular formula is C28H30Cl3N3O6S. The van der Waals surface area contributed by atoms with Crippen molar-refractivity contribution in [3.05, 3.63) is 81.3 Å². The molecule has 0 saturated heterocycles. The monoisotopic (exact) mass is 641 g/mol. The highest BCUT2D eigenvalue weighted by Gasteiger charge is 2.33. The lowest BCUT2D eigenvalue weighted by molar-refractivity contribution is -0.139. The largest absolute Gasteiger partial charge is 0.493 e. The van der Waals surface area contributed by atoms with E-state index in [1.54, 1.807) is 32.0 Å². The first kappa shape index (κ1) is 32.3. The number of benzene rings is 3. The van der Waals surface area contributed by atoms with Crippen molar-refractivity contribution in [2.45, 2.75) is 31.3 Å². The normalized spacial score (nSPS) is 11.9. The Hall–Kier alpha value is -3.18. The first-order chi connectivity index (χ1) is 19.4. The molecule has 0 aliphatic carbocycles. The second-order valence-electron chi connectivity index (χ2n) is 8.80. The molecule has 0 aliphatic heterocycles. The van der Waals surface area contributed by atoms with E-state index in [0.717, 1.165) is 4.31 Å². The minimum Gasteiger partial charge on any atom is -0.493 e. The first-order valence-corrected chi connectivity index (χ1v) is 15.0. The Labute approximate surface area is 254 Å². The van der Waals surface area contributed by atoms with Gasteiger partial charge >= 0.3 is 0 Å². The van der Waals surface area contributed by atoms with Crippen LogP contribution >= 0.6 is 34.8 Å². The molecule has 0 fully saturated rings. The van der Waals surface area contributed by atoms with Crippen LogP contribution in [0.15, 0.2) is 65.6 Å². The van der Waals surface area contributed by atoms with Crippen LogP contribution in [0, 0.1) is 0 Å². The molecular weight excluding hydrogens is 613 g/mol. The summed E-state index contributed by atoms with van der Waals surface area (Å²) in [6, 6.07) is 14.0. The summed E-state index contributed by atoms with van der Waals surface area (Å²) in [7, 11) is -1.53.